The second-order valence-electron chi connectivity index (χ2n) is 4.97. The smallest absolute Gasteiger partial charge is 0.0607 e. The van der Waals surface area contributed by atoms with E-state index in [1.807, 2.05) is 0 Å². The first-order valence-electron chi connectivity index (χ1n) is 6.08. The first-order valence-corrected chi connectivity index (χ1v) is 6.08. The van der Waals surface area contributed by atoms with E-state index < -0.39 is 0 Å². The Bertz CT molecular complexity index is 203. The van der Waals surface area contributed by atoms with E-state index in [-0.39, 0.29) is 5.54 Å². The number of methoxy groups -OCH3 is 2. The average Bonchev–Trinajstić information content (AvgIpc) is 2.21. The predicted octanol–water partition coefficient (Wildman–Crippen LogP) is 0.850. The molecule has 1 rings (SSSR count). The van der Waals surface area contributed by atoms with Gasteiger partial charge >= 0.3 is 0 Å². The first kappa shape index (κ1) is 13.9. The summed E-state index contributed by atoms with van der Waals surface area (Å²) in [6, 6.07) is 0.497. The molecular formula is C12H26N2O2. The summed E-state index contributed by atoms with van der Waals surface area (Å²) in [5.41, 5.74) is 6.09. The molecule has 0 saturated heterocycles. The van der Waals surface area contributed by atoms with Crippen molar-refractivity contribution < 1.29 is 9.47 Å². The van der Waals surface area contributed by atoms with Crippen molar-refractivity contribution >= 4 is 0 Å². The van der Waals surface area contributed by atoms with Crippen molar-refractivity contribution in [2.24, 2.45) is 5.73 Å². The van der Waals surface area contributed by atoms with Gasteiger partial charge in [0.15, 0.2) is 0 Å². The van der Waals surface area contributed by atoms with Gasteiger partial charge in [0.2, 0.25) is 0 Å². The van der Waals surface area contributed by atoms with E-state index in [1.165, 1.54) is 0 Å². The summed E-state index contributed by atoms with van der Waals surface area (Å²) >= 11 is 0. The number of hydrogen-bond donors (Lipinski definition) is 1. The molecule has 0 heterocycles. The van der Waals surface area contributed by atoms with Gasteiger partial charge in [0.25, 0.3) is 0 Å². The molecule has 1 aliphatic carbocycles. The Labute approximate surface area is 99.1 Å². The third kappa shape index (κ3) is 2.74. The fraction of sp³-hybridized carbons (Fsp3) is 1.00. The molecule has 0 amide bonds. The lowest BCUT2D eigenvalue weighted by molar-refractivity contribution is -0.102. The number of hydrogen-bond acceptors (Lipinski definition) is 4. The maximum atomic E-state index is 5.96. The van der Waals surface area contributed by atoms with Crippen LogP contribution in [0.5, 0.6) is 0 Å². The second-order valence-corrected chi connectivity index (χ2v) is 4.97. The summed E-state index contributed by atoms with van der Waals surface area (Å²) in [7, 11) is 3.52. The molecule has 0 aromatic heterocycles. The molecule has 0 unspecified atom stereocenters. The van der Waals surface area contributed by atoms with Crippen LogP contribution in [0.25, 0.3) is 0 Å². The van der Waals surface area contributed by atoms with Crippen LogP contribution in [0.15, 0.2) is 0 Å². The zero-order valence-electron chi connectivity index (χ0n) is 11.0. The molecule has 1 saturated carbocycles. The second kappa shape index (κ2) is 5.96. The van der Waals surface area contributed by atoms with Gasteiger partial charge in [-0.2, -0.15) is 0 Å². The van der Waals surface area contributed by atoms with E-state index in [0.29, 0.717) is 18.7 Å². The van der Waals surface area contributed by atoms with Crippen LogP contribution in [0.4, 0.5) is 0 Å². The average molecular weight is 230 g/mol. The van der Waals surface area contributed by atoms with Gasteiger partial charge in [-0.15, -0.1) is 0 Å². The van der Waals surface area contributed by atoms with Crippen molar-refractivity contribution in [2.75, 3.05) is 33.9 Å². The standard InChI is InChI=1S/C12H26N2O2/c1-10(2)14(5-6-15-3)12(9-13)7-11(8-12)16-4/h10-11H,5-9,13H2,1-4H3. The molecule has 16 heavy (non-hydrogen) atoms. The minimum atomic E-state index is 0.132. The number of nitrogens with two attached hydrogens (primary N) is 1. The van der Waals surface area contributed by atoms with Crippen molar-refractivity contribution in [1.82, 2.24) is 4.90 Å². The molecule has 1 fully saturated rings. The van der Waals surface area contributed by atoms with E-state index in [9.17, 15) is 0 Å². The Balaban J connectivity index is 2.60. The van der Waals surface area contributed by atoms with Crippen molar-refractivity contribution in [3.05, 3.63) is 0 Å². The zero-order chi connectivity index (χ0) is 12.2. The molecule has 0 aromatic carbocycles. The van der Waals surface area contributed by atoms with Gasteiger partial charge in [0.05, 0.1) is 12.7 Å². The molecular weight excluding hydrogens is 204 g/mol. The minimum absolute atomic E-state index is 0.132. The summed E-state index contributed by atoms with van der Waals surface area (Å²) in [6.45, 7) is 6.84. The molecule has 0 aromatic rings. The van der Waals surface area contributed by atoms with Gasteiger partial charge < -0.3 is 15.2 Å². The molecule has 96 valence electrons. The largest absolute Gasteiger partial charge is 0.383 e. The highest BCUT2D eigenvalue weighted by molar-refractivity contribution is 5.05. The zero-order valence-corrected chi connectivity index (χ0v) is 11.0. The summed E-state index contributed by atoms with van der Waals surface area (Å²) in [5.74, 6) is 0. The topological polar surface area (TPSA) is 47.7 Å². The van der Waals surface area contributed by atoms with Gasteiger partial charge in [-0.25, -0.2) is 0 Å². The van der Waals surface area contributed by atoms with Crippen LogP contribution in [0.1, 0.15) is 26.7 Å². The lowest BCUT2D eigenvalue weighted by Crippen LogP contribution is -2.66. The number of rotatable bonds is 7. The van der Waals surface area contributed by atoms with Gasteiger partial charge in [-0.05, 0) is 26.7 Å². The summed E-state index contributed by atoms with van der Waals surface area (Å²) < 4.78 is 10.5. The Kier molecular flexibility index (Phi) is 5.18. The monoisotopic (exact) mass is 230 g/mol. The summed E-state index contributed by atoms with van der Waals surface area (Å²) in [5, 5.41) is 0. The molecule has 0 atom stereocenters. The van der Waals surface area contributed by atoms with Gasteiger partial charge in [0, 0.05) is 38.9 Å². The highest BCUT2D eigenvalue weighted by Crippen LogP contribution is 2.39. The minimum Gasteiger partial charge on any atom is -0.383 e. The van der Waals surface area contributed by atoms with Crippen LogP contribution in [0.2, 0.25) is 0 Å². The Morgan fingerprint density at radius 2 is 2.00 bits per heavy atom. The first-order chi connectivity index (χ1) is 7.59. The van der Waals surface area contributed by atoms with E-state index in [1.54, 1.807) is 14.2 Å². The molecule has 4 nitrogen and oxygen atoms in total. The predicted molar refractivity (Wildman–Crippen MR) is 65.5 cm³/mol. The van der Waals surface area contributed by atoms with Crippen LogP contribution in [0, 0.1) is 0 Å². The molecule has 0 aliphatic heterocycles. The van der Waals surface area contributed by atoms with Crippen LogP contribution < -0.4 is 5.73 Å². The number of nitrogens with zero attached hydrogens (tertiary/aromatic N) is 1. The molecule has 4 heteroatoms. The highest BCUT2D eigenvalue weighted by atomic mass is 16.5. The van der Waals surface area contributed by atoms with E-state index in [2.05, 4.69) is 18.7 Å². The number of ether oxygens (including phenoxy) is 2. The Morgan fingerprint density at radius 3 is 2.38 bits per heavy atom. The third-order valence-corrected chi connectivity index (χ3v) is 3.70. The summed E-state index contributed by atoms with van der Waals surface area (Å²) in [6.07, 6.45) is 2.47. The Hall–Kier alpha value is -0.160. The maximum absolute atomic E-state index is 5.96. The van der Waals surface area contributed by atoms with E-state index in [0.717, 1.165) is 26.0 Å². The molecule has 0 radical (unpaired) electrons. The van der Waals surface area contributed by atoms with Gasteiger partial charge in [-0.3, -0.25) is 4.90 Å². The van der Waals surface area contributed by atoms with Crippen molar-refractivity contribution in [1.29, 1.82) is 0 Å². The van der Waals surface area contributed by atoms with Crippen molar-refractivity contribution in [2.45, 2.75) is 44.4 Å². The molecule has 1 aliphatic rings. The Morgan fingerprint density at radius 1 is 1.38 bits per heavy atom. The third-order valence-electron chi connectivity index (χ3n) is 3.70. The van der Waals surface area contributed by atoms with Gasteiger partial charge in [0.1, 0.15) is 0 Å². The van der Waals surface area contributed by atoms with Crippen LogP contribution in [-0.2, 0) is 9.47 Å². The lowest BCUT2D eigenvalue weighted by atomic mass is 9.72. The van der Waals surface area contributed by atoms with Crippen molar-refractivity contribution in [3.8, 4) is 0 Å². The van der Waals surface area contributed by atoms with Crippen molar-refractivity contribution in [3.63, 3.8) is 0 Å². The van der Waals surface area contributed by atoms with Crippen LogP contribution >= 0.6 is 0 Å². The SMILES string of the molecule is COCCN(C(C)C)C1(CN)CC(OC)C1. The van der Waals surface area contributed by atoms with Gasteiger partial charge in [-0.1, -0.05) is 0 Å². The maximum Gasteiger partial charge on any atom is 0.0607 e. The van der Waals surface area contributed by atoms with E-state index in [4.69, 9.17) is 15.2 Å². The fourth-order valence-corrected chi connectivity index (χ4v) is 2.71. The molecule has 0 spiro atoms. The van der Waals surface area contributed by atoms with Crippen LogP contribution in [0.3, 0.4) is 0 Å². The normalized spacial score (nSPS) is 29.8. The molecule has 0 bridgehead atoms. The van der Waals surface area contributed by atoms with Crippen LogP contribution in [-0.4, -0.2) is 56.5 Å². The highest BCUT2D eigenvalue weighted by Gasteiger charge is 2.48. The molecule has 2 N–H and O–H groups in total. The summed E-state index contributed by atoms with van der Waals surface area (Å²) in [4.78, 5) is 2.46. The fourth-order valence-electron chi connectivity index (χ4n) is 2.71. The quantitative estimate of drug-likeness (QED) is 0.704. The van der Waals surface area contributed by atoms with E-state index >= 15 is 0 Å². The lowest BCUT2D eigenvalue weighted by Gasteiger charge is -2.55.